The molecule has 4 rings (SSSR count). The minimum atomic E-state index is -0.853. The summed E-state index contributed by atoms with van der Waals surface area (Å²) in [5.74, 6) is 0.435. The number of carbonyl (C=O) groups is 1. The van der Waals surface area contributed by atoms with Crippen LogP contribution in [0.15, 0.2) is 10.6 Å². The highest BCUT2D eigenvalue weighted by Crippen LogP contribution is 2.44. The van der Waals surface area contributed by atoms with Gasteiger partial charge in [0.2, 0.25) is 5.89 Å². The summed E-state index contributed by atoms with van der Waals surface area (Å²) in [6, 6.07) is 1.82. The highest BCUT2D eigenvalue weighted by Gasteiger charge is 2.42. The number of piperidine rings is 1. The summed E-state index contributed by atoms with van der Waals surface area (Å²) in [6.45, 7) is 4.84. The van der Waals surface area contributed by atoms with Crippen molar-refractivity contribution < 1.29 is 19.2 Å². The lowest BCUT2D eigenvalue weighted by atomic mass is 9.82. The average Bonchev–Trinajstić information content (AvgIpc) is 3.17. The number of hydrogen-bond acceptors (Lipinski definition) is 7. The van der Waals surface area contributed by atoms with Gasteiger partial charge in [-0.2, -0.15) is 4.98 Å². The van der Waals surface area contributed by atoms with E-state index in [4.69, 9.17) is 9.26 Å². The van der Waals surface area contributed by atoms with E-state index in [0.29, 0.717) is 29.7 Å². The maximum Gasteiger partial charge on any atom is 0.345 e. The molecule has 2 aromatic rings. The molecule has 0 radical (unpaired) electrons. The molecule has 0 amide bonds. The zero-order valence-electron chi connectivity index (χ0n) is 13.4. The van der Waals surface area contributed by atoms with E-state index in [1.165, 1.54) is 16.2 Å². The lowest BCUT2D eigenvalue weighted by Gasteiger charge is -2.43. The van der Waals surface area contributed by atoms with Gasteiger partial charge in [-0.25, -0.2) is 4.79 Å². The monoisotopic (exact) mass is 349 g/mol. The van der Waals surface area contributed by atoms with Crippen molar-refractivity contribution >= 4 is 17.3 Å². The van der Waals surface area contributed by atoms with Crippen molar-refractivity contribution in [2.75, 3.05) is 19.7 Å². The lowest BCUT2D eigenvalue weighted by molar-refractivity contribution is -0.0988. The second kappa shape index (κ2) is 5.94. The summed E-state index contributed by atoms with van der Waals surface area (Å²) < 4.78 is 11.4. The van der Waals surface area contributed by atoms with Crippen molar-refractivity contribution in [2.24, 2.45) is 0 Å². The Bertz CT molecular complexity index is 761. The van der Waals surface area contributed by atoms with Gasteiger partial charge in [-0.3, -0.25) is 4.90 Å². The van der Waals surface area contributed by atoms with E-state index in [1.54, 1.807) is 0 Å². The van der Waals surface area contributed by atoms with Crippen LogP contribution in [0.3, 0.4) is 0 Å². The topological polar surface area (TPSA) is 88.7 Å². The molecule has 0 saturated carbocycles. The standard InChI is InChI=1S/C16H19N3O4S/c1-10-17-14(23-18-10)9-19-5-3-16(4-6-19)11-8-13(15(20)21)24-12(11)2-7-22-16/h8H,2-7,9H2,1H3,(H,20,21). The third kappa shape index (κ3) is 2.74. The summed E-state index contributed by atoms with van der Waals surface area (Å²) >= 11 is 1.39. The molecule has 0 unspecified atom stereocenters. The predicted octanol–water partition coefficient (Wildman–Crippen LogP) is 2.20. The molecular weight excluding hydrogens is 330 g/mol. The van der Waals surface area contributed by atoms with E-state index in [2.05, 4.69) is 15.0 Å². The van der Waals surface area contributed by atoms with E-state index >= 15 is 0 Å². The van der Waals surface area contributed by atoms with Gasteiger partial charge >= 0.3 is 5.97 Å². The van der Waals surface area contributed by atoms with Crippen LogP contribution in [0.25, 0.3) is 0 Å². The number of aromatic carboxylic acids is 1. The van der Waals surface area contributed by atoms with E-state index in [1.807, 2.05) is 13.0 Å². The molecule has 4 heterocycles. The van der Waals surface area contributed by atoms with Gasteiger partial charge in [-0.05, 0) is 31.4 Å². The van der Waals surface area contributed by atoms with Crippen LogP contribution in [-0.2, 0) is 23.3 Å². The summed E-state index contributed by atoms with van der Waals surface area (Å²) in [7, 11) is 0. The Kier molecular flexibility index (Phi) is 3.90. The number of rotatable bonds is 3. The molecule has 1 fully saturated rings. The van der Waals surface area contributed by atoms with Crippen LogP contribution >= 0.6 is 11.3 Å². The van der Waals surface area contributed by atoms with Crippen molar-refractivity contribution in [3.8, 4) is 0 Å². The molecule has 8 heteroatoms. The van der Waals surface area contributed by atoms with Crippen molar-refractivity contribution in [3.63, 3.8) is 0 Å². The smallest absolute Gasteiger partial charge is 0.345 e. The van der Waals surface area contributed by atoms with Gasteiger partial charge in [-0.1, -0.05) is 5.16 Å². The van der Waals surface area contributed by atoms with Gasteiger partial charge in [0.1, 0.15) is 4.88 Å². The van der Waals surface area contributed by atoms with Gasteiger partial charge in [-0.15, -0.1) is 11.3 Å². The van der Waals surface area contributed by atoms with Crippen LogP contribution < -0.4 is 0 Å². The van der Waals surface area contributed by atoms with Gasteiger partial charge in [0.05, 0.1) is 18.8 Å². The first-order valence-electron chi connectivity index (χ1n) is 8.08. The molecule has 2 aromatic heterocycles. The van der Waals surface area contributed by atoms with Crippen molar-refractivity contribution in [3.05, 3.63) is 33.1 Å². The first-order chi connectivity index (χ1) is 11.6. The molecule has 128 valence electrons. The highest BCUT2D eigenvalue weighted by atomic mass is 32.1. The fraction of sp³-hybridized carbons (Fsp3) is 0.562. The minimum Gasteiger partial charge on any atom is -0.477 e. The quantitative estimate of drug-likeness (QED) is 0.908. The number of aromatic nitrogens is 2. The van der Waals surface area contributed by atoms with Crippen LogP contribution in [0.2, 0.25) is 0 Å². The zero-order valence-corrected chi connectivity index (χ0v) is 14.3. The van der Waals surface area contributed by atoms with E-state index in [0.717, 1.165) is 37.9 Å². The van der Waals surface area contributed by atoms with Crippen molar-refractivity contribution in [1.29, 1.82) is 0 Å². The molecule has 7 nitrogen and oxygen atoms in total. The number of hydrogen-bond donors (Lipinski definition) is 1. The number of aryl methyl sites for hydroxylation is 1. The Morgan fingerprint density at radius 2 is 2.25 bits per heavy atom. The molecule has 24 heavy (non-hydrogen) atoms. The highest BCUT2D eigenvalue weighted by molar-refractivity contribution is 7.14. The van der Waals surface area contributed by atoms with Crippen LogP contribution in [0.4, 0.5) is 0 Å². The van der Waals surface area contributed by atoms with Gasteiger partial charge in [0, 0.05) is 24.4 Å². The number of carboxylic acid groups (broad SMARTS) is 1. The predicted molar refractivity (Wildman–Crippen MR) is 86.2 cm³/mol. The fourth-order valence-electron chi connectivity index (χ4n) is 3.60. The number of nitrogens with zero attached hydrogens (tertiary/aromatic N) is 3. The SMILES string of the molecule is Cc1noc(CN2CCC3(CC2)OCCc2sc(C(=O)O)cc23)n1. The molecule has 0 atom stereocenters. The van der Waals surface area contributed by atoms with Gasteiger partial charge in [0.25, 0.3) is 0 Å². The molecule has 1 saturated heterocycles. The van der Waals surface area contributed by atoms with E-state index in [9.17, 15) is 9.90 Å². The third-order valence-electron chi connectivity index (χ3n) is 4.81. The zero-order chi connectivity index (χ0) is 16.7. The van der Waals surface area contributed by atoms with Crippen molar-refractivity contribution in [2.45, 2.75) is 38.3 Å². The van der Waals surface area contributed by atoms with Crippen LogP contribution in [0.1, 0.15) is 44.7 Å². The Morgan fingerprint density at radius 1 is 1.46 bits per heavy atom. The van der Waals surface area contributed by atoms with Gasteiger partial charge < -0.3 is 14.4 Å². The summed E-state index contributed by atoms with van der Waals surface area (Å²) in [5, 5.41) is 13.1. The molecule has 0 aliphatic carbocycles. The molecular formula is C16H19N3O4S. The number of fused-ring (bicyclic) bond motifs is 2. The number of thiophene rings is 1. The van der Waals surface area contributed by atoms with E-state index < -0.39 is 5.97 Å². The number of ether oxygens (including phenoxy) is 1. The summed E-state index contributed by atoms with van der Waals surface area (Å²) in [6.07, 6.45) is 2.51. The largest absolute Gasteiger partial charge is 0.477 e. The average molecular weight is 349 g/mol. The van der Waals surface area contributed by atoms with Crippen LogP contribution in [-0.4, -0.2) is 45.8 Å². The summed E-state index contributed by atoms with van der Waals surface area (Å²) in [4.78, 5) is 19.4. The second-order valence-corrected chi connectivity index (χ2v) is 7.49. The lowest BCUT2D eigenvalue weighted by Crippen LogP contribution is -2.45. The van der Waals surface area contributed by atoms with Crippen LogP contribution in [0, 0.1) is 6.92 Å². The maximum absolute atomic E-state index is 11.3. The Hall–Kier alpha value is -1.77. The fourth-order valence-corrected chi connectivity index (χ4v) is 4.67. The molecule has 2 aliphatic heterocycles. The third-order valence-corrected chi connectivity index (χ3v) is 5.99. The van der Waals surface area contributed by atoms with Gasteiger partial charge in [0.15, 0.2) is 5.82 Å². The van der Waals surface area contributed by atoms with Crippen molar-refractivity contribution in [1.82, 2.24) is 15.0 Å². The normalized spacial score (nSPS) is 20.2. The number of carboxylic acids is 1. The molecule has 0 aromatic carbocycles. The number of likely N-dealkylation sites (tertiary alicyclic amines) is 1. The van der Waals surface area contributed by atoms with Crippen LogP contribution in [0.5, 0.6) is 0 Å². The Morgan fingerprint density at radius 3 is 2.92 bits per heavy atom. The molecule has 2 aliphatic rings. The summed E-state index contributed by atoms with van der Waals surface area (Å²) in [5.41, 5.74) is 0.753. The maximum atomic E-state index is 11.3. The van der Waals surface area contributed by atoms with E-state index in [-0.39, 0.29) is 5.60 Å². The Balaban J connectivity index is 1.50. The first kappa shape index (κ1) is 15.7. The first-order valence-corrected chi connectivity index (χ1v) is 8.89. The molecule has 0 bridgehead atoms. The molecule has 1 spiro atoms. The Labute approximate surface area is 143 Å². The minimum absolute atomic E-state index is 0.334. The second-order valence-electron chi connectivity index (χ2n) is 6.36. The molecule has 1 N–H and O–H groups in total.